The van der Waals surface area contributed by atoms with Crippen LogP contribution in [0.2, 0.25) is 0 Å². The van der Waals surface area contributed by atoms with Gasteiger partial charge in [-0.1, -0.05) is 0 Å². The summed E-state index contributed by atoms with van der Waals surface area (Å²) in [6.07, 6.45) is -1.52. The van der Waals surface area contributed by atoms with Crippen LogP contribution in [0.3, 0.4) is 0 Å². The molecule has 0 aromatic rings. The molecule has 0 aromatic heterocycles. The van der Waals surface area contributed by atoms with Crippen LogP contribution in [-0.4, -0.2) is 41.8 Å². The molecule has 5 heteroatoms. The molecule has 0 aliphatic heterocycles. The normalized spacial score (nSPS) is 19.3. The van der Waals surface area contributed by atoms with Gasteiger partial charge in [0.2, 0.25) is 0 Å². The zero-order valence-corrected chi connectivity index (χ0v) is 11.8. The molecule has 0 heterocycles. The Labute approximate surface area is 108 Å². The second kappa shape index (κ2) is 5.78. The van der Waals surface area contributed by atoms with E-state index in [-0.39, 0.29) is 17.6 Å². The second-order valence-electron chi connectivity index (χ2n) is 6.33. The van der Waals surface area contributed by atoms with Gasteiger partial charge in [-0.25, -0.2) is 0 Å². The lowest BCUT2D eigenvalue weighted by molar-refractivity contribution is -0.151. The van der Waals surface area contributed by atoms with E-state index in [0.717, 1.165) is 25.8 Å². The molecule has 1 rings (SSSR count). The molecule has 0 amide bonds. The van der Waals surface area contributed by atoms with Crippen LogP contribution in [0.5, 0.6) is 0 Å². The van der Waals surface area contributed by atoms with Crippen molar-refractivity contribution in [1.29, 1.82) is 0 Å². The molecule has 2 nitrogen and oxygen atoms in total. The molecule has 1 atom stereocenters. The van der Waals surface area contributed by atoms with E-state index in [1.807, 2.05) is 6.92 Å². The van der Waals surface area contributed by atoms with Gasteiger partial charge in [0.25, 0.3) is 0 Å². The first-order valence-electron chi connectivity index (χ1n) is 6.66. The fourth-order valence-corrected chi connectivity index (χ4v) is 2.08. The smallest absolute Gasteiger partial charge is 0.312 e. The summed E-state index contributed by atoms with van der Waals surface area (Å²) >= 11 is 0. The summed E-state index contributed by atoms with van der Waals surface area (Å²) in [6.45, 7) is 8.07. The Balaban J connectivity index is 2.38. The summed E-state index contributed by atoms with van der Waals surface area (Å²) in [5, 5.41) is 3.32. The third kappa shape index (κ3) is 6.59. The van der Waals surface area contributed by atoms with Gasteiger partial charge in [0, 0.05) is 17.6 Å². The molecule has 18 heavy (non-hydrogen) atoms. The van der Waals surface area contributed by atoms with Crippen molar-refractivity contribution < 1.29 is 13.2 Å². The third-order valence-electron chi connectivity index (χ3n) is 3.16. The van der Waals surface area contributed by atoms with E-state index in [2.05, 4.69) is 26.1 Å². The highest BCUT2D eigenvalue weighted by Crippen LogP contribution is 2.32. The van der Waals surface area contributed by atoms with Gasteiger partial charge in [-0.05, 0) is 53.5 Å². The second-order valence-corrected chi connectivity index (χ2v) is 6.33. The van der Waals surface area contributed by atoms with Crippen LogP contribution in [-0.2, 0) is 0 Å². The number of rotatable bonds is 6. The van der Waals surface area contributed by atoms with E-state index in [4.69, 9.17) is 0 Å². The monoisotopic (exact) mass is 266 g/mol. The summed E-state index contributed by atoms with van der Waals surface area (Å²) in [5.74, 6) is 0. The SMILES string of the molecule is CC(CCNC(C)(C)C)N(CC(F)(F)F)C1CC1. The minimum Gasteiger partial charge on any atom is -0.312 e. The van der Waals surface area contributed by atoms with Crippen molar-refractivity contribution in [2.75, 3.05) is 13.1 Å². The molecule has 0 bridgehead atoms. The fraction of sp³-hybridized carbons (Fsp3) is 1.00. The molecule has 0 radical (unpaired) electrons. The molecule has 0 spiro atoms. The lowest BCUT2D eigenvalue weighted by atomic mass is 10.1. The minimum atomic E-state index is -4.09. The lowest BCUT2D eigenvalue weighted by Gasteiger charge is -2.31. The van der Waals surface area contributed by atoms with E-state index >= 15 is 0 Å². The fourth-order valence-electron chi connectivity index (χ4n) is 2.08. The zero-order valence-electron chi connectivity index (χ0n) is 11.8. The summed E-state index contributed by atoms with van der Waals surface area (Å²) in [4.78, 5) is 1.62. The van der Waals surface area contributed by atoms with Gasteiger partial charge in [-0.15, -0.1) is 0 Å². The Morgan fingerprint density at radius 3 is 2.17 bits per heavy atom. The van der Waals surface area contributed by atoms with Crippen molar-refractivity contribution in [3.63, 3.8) is 0 Å². The standard InChI is InChI=1S/C13H25F3N2/c1-10(7-8-17-12(2,3)4)18(11-5-6-11)9-13(14,15)16/h10-11,17H,5-9H2,1-4H3. The van der Waals surface area contributed by atoms with Crippen molar-refractivity contribution >= 4 is 0 Å². The molecule has 1 aliphatic carbocycles. The molecular weight excluding hydrogens is 241 g/mol. The number of hydrogen-bond donors (Lipinski definition) is 1. The van der Waals surface area contributed by atoms with E-state index in [1.165, 1.54) is 0 Å². The highest BCUT2D eigenvalue weighted by Gasteiger charge is 2.39. The Bertz CT molecular complexity index is 254. The third-order valence-corrected chi connectivity index (χ3v) is 3.16. The molecule has 108 valence electrons. The van der Waals surface area contributed by atoms with Crippen molar-refractivity contribution in [1.82, 2.24) is 10.2 Å². The predicted octanol–water partition coefficient (Wildman–Crippen LogP) is 3.18. The van der Waals surface area contributed by atoms with Crippen molar-refractivity contribution in [2.45, 2.75) is 70.8 Å². The molecule has 1 N–H and O–H groups in total. The molecule has 1 aliphatic rings. The Morgan fingerprint density at radius 1 is 1.22 bits per heavy atom. The van der Waals surface area contributed by atoms with Gasteiger partial charge in [0.05, 0.1) is 6.54 Å². The maximum absolute atomic E-state index is 12.5. The summed E-state index contributed by atoms with van der Waals surface area (Å²) in [6, 6.07) is 0.130. The van der Waals surface area contributed by atoms with Gasteiger partial charge < -0.3 is 5.32 Å². The van der Waals surface area contributed by atoms with E-state index in [0.29, 0.717) is 0 Å². The quantitative estimate of drug-likeness (QED) is 0.794. The number of nitrogens with one attached hydrogen (secondary N) is 1. The van der Waals surface area contributed by atoms with Crippen molar-refractivity contribution in [3.05, 3.63) is 0 Å². The maximum atomic E-state index is 12.5. The highest BCUT2D eigenvalue weighted by atomic mass is 19.4. The van der Waals surface area contributed by atoms with Crippen LogP contribution < -0.4 is 5.32 Å². The van der Waals surface area contributed by atoms with Crippen LogP contribution in [0.4, 0.5) is 13.2 Å². The number of nitrogens with zero attached hydrogens (tertiary/aromatic N) is 1. The number of hydrogen-bond acceptors (Lipinski definition) is 2. The Hall–Kier alpha value is -0.290. The van der Waals surface area contributed by atoms with Crippen LogP contribution in [0, 0.1) is 0 Å². The molecule has 1 fully saturated rings. The number of halogens is 3. The summed E-state index contributed by atoms with van der Waals surface area (Å²) < 4.78 is 37.5. The largest absolute Gasteiger partial charge is 0.401 e. The first-order valence-corrected chi connectivity index (χ1v) is 6.66. The van der Waals surface area contributed by atoms with E-state index in [9.17, 15) is 13.2 Å². The topological polar surface area (TPSA) is 15.3 Å². The van der Waals surface area contributed by atoms with Crippen LogP contribution in [0.1, 0.15) is 47.0 Å². The van der Waals surface area contributed by atoms with Crippen LogP contribution >= 0.6 is 0 Å². The van der Waals surface area contributed by atoms with Crippen LogP contribution in [0.25, 0.3) is 0 Å². The van der Waals surface area contributed by atoms with Crippen molar-refractivity contribution in [3.8, 4) is 0 Å². The van der Waals surface area contributed by atoms with Crippen LogP contribution in [0.15, 0.2) is 0 Å². The van der Waals surface area contributed by atoms with E-state index < -0.39 is 12.7 Å². The minimum absolute atomic E-state index is 0.0195. The molecular formula is C13H25F3N2. The Morgan fingerprint density at radius 2 is 1.78 bits per heavy atom. The molecule has 0 saturated heterocycles. The first-order chi connectivity index (χ1) is 8.08. The predicted molar refractivity (Wildman–Crippen MR) is 67.6 cm³/mol. The summed E-state index contributed by atoms with van der Waals surface area (Å²) in [7, 11) is 0. The first kappa shape index (κ1) is 15.8. The van der Waals surface area contributed by atoms with Gasteiger partial charge >= 0.3 is 6.18 Å². The molecule has 1 unspecified atom stereocenters. The lowest BCUT2D eigenvalue weighted by Crippen LogP contribution is -2.44. The average molecular weight is 266 g/mol. The maximum Gasteiger partial charge on any atom is 0.401 e. The van der Waals surface area contributed by atoms with Gasteiger partial charge in [0.1, 0.15) is 0 Å². The highest BCUT2D eigenvalue weighted by molar-refractivity contribution is 4.89. The molecule has 0 aromatic carbocycles. The Kier molecular flexibility index (Phi) is 5.06. The molecule has 1 saturated carbocycles. The average Bonchev–Trinajstić information content (AvgIpc) is 2.93. The van der Waals surface area contributed by atoms with Crippen molar-refractivity contribution in [2.24, 2.45) is 0 Å². The van der Waals surface area contributed by atoms with Gasteiger partial charge in [-0.2, -0.15) is 13.2 Å². The zero-order chi connectivity index (χ0) is 14.0. The summed E-state index contributed by atoms with van der Waals surface area (Å²) in [5.41, 5.74) is 0.0220. The van der Waals surface area contributed by atoms with Gasteiger partial charge in [-0.3, -0.25) is 4.90 Å². The van der Waals surface area contributed by atoms with Gasteiger partial charge in [0.15, 0.2) is 0 Å². The number of alkyl halides is 3. The van der Waals surface area contributed by atoms with E-state index in [1.54, 1.807) is 4.90 Å².